The molecule has 0 spiro atoms. The number of rotatable bonds is 6. The second-order valence-electron chi connectivity index (χ2n) is 5.36. The van der Waals surface area contributed by atoms with E-state index in [0.29, 0.717) is 19.6 Å². The first-order valence-electron chi connectivity index (χ1n) is 6.97. The maximum atomic E-state index is 11.4. The van der Waals surface area contributed by atoms with E-state index in [1.807, 2.05) is 0 Å². The molecule has 2 rings (SSSR count). The topological polar surface area (TPSA) is 118 Å². The van der Waals surface area contributed by atoms with Crippen LogP contribution in [-0.2, 0) is 19.4 Å². The Labute approximate surface area is 128 Å². The van der Waals surface area contributed by atoms with E-state index < -0.39 is 21.8 Å². The van der Waals surface area contributed by atoms with Crippen LogP contribution in [0.4, 0.5) is 5.82 Å². The Balaban J connectivity index is 2.02. The molecule has 0 amide bonds. The van der Waals surface area contributed by atoms with Crippen LogP contribution < -0.4 is 5.32 Å². The number of hydrogen-bond acceptors (Lipinski definition) is 7. The van der Waals surface area contributed by atoms with Crippen molar-refractivity contribution < 1.29 is 23.1 Å². The number of aliphatic carboxylic acids is 1. The second-order valence-corrected chi connectivity index (χ2v) is 7.32. The van der Waals surface area contributed by atoms with Gasteiger partial charge in [0.15, 0.2) is 14.9 Å². The minimum absolute atomic E-state index is 0.144. The van der Waals surface area contributed by atoms with Gasteiger partial charge in [0.25, 0.3) is 0 Å². The minimum atomic E-state index is -3.42. The Morgan fingerprint density at radius 3 is 2.59 bits per heavy atom. The Morgan fingerprint density at radius 2 is 2.09 bits per heavy atom. The number of nitrogens with zero attached hydrogens (tertiary/aromatic N) is 2. The Morgan fingerprint density at radius 1 is 1.41 bits per heavy atom. The first kappa shape index (κ1) is 16.6. The Bertz CT molecular complexity index is 611. The third kappa shape index (κ3) is 4.63. The van der Waals surface area contributed by atoms with Crippen molar-refractivity contribution in [2.24, 2.45) is 5.92 Å². The van der Waals surface area contributed by atoms with Crippen LogP contribution in [0.15, 0.2) is 17.2 Å². The van der Waals surface area contributed by atoms with Crippen molar-refractivity contribution in [2.75, 3.05) is 24.8 Å². The molecule has 1 unspecified atom stereocenters. The van der Waals surface area contributed by atoms with Crippen molar-refractivity contribution in [1.29, 1.82) is 0 Å². The molecule has 8 nitrogen and oxygen atoms in total. The molecular formula is C13H19N3O5S. The van der Waals surface area contributed by atoms with Gasteiger partial charge in [-0.2, -0.15) is 0 Å². The molecular weight excluding hydrogens is 310 g/mol. The SMILES string of the molecule is CS(=O)(=O)c1ccc(NC(CC2CCOCC2)C(=O)O)nn1. The fraction of sp³-hybridized carbons (Fsp3) is 0.615. The highest BCUT2D eigenvalue weighted by Crippen LogP contribution is 2.21. The number of sulfone groups is 1. The predicted octanol–water partition coefficient (Wildman–Crippen LogP) is 0.562. The van der Waals surface area contributed by atoms with Crippen molar-refractivity contribution in [3.63, 3.8) is 0 Å². The van der Waals surface area contributed by atoms with Crippen LogP contribution in [0.5, 0.6) is 0 Å². The lowest BCUT2D eigenvalue weighted by Crippen LogP contribution is -2.33. The van der Waals surface area contributed by atoms with E-state index in [2.05, 4.69) is 15.5 Å². The average Bonchev–Trinajstić information content (AvgIpc) is 2.47. The third-order valence-corrected chi connectivity index (χ3v) is 4.53. The van der Waals surface area contributed by atoms with Gasteiger partial charge in [0.05, 0.1) is 0 Å². The summed E-state index contributed by atoms with van der Waals surface area (Å²) in [5.74, 6) is -0.446. The van der Waals surface area contributed by atoms with Crippen molar-refractivity contribution in [3.8, 4) is 0 Å². The Hall–Kier alpha value is -1.74. The summed E-state index contributed by atoms with van der Waals surface area (Å²) in [6.45, 7) is 1.31. The van der Waals surface area contributed by atoms with Gasteiger partial charge in [-0.05, 0) is 37.3 Å². The molecule has 122 valence electrons. The van der Waals surface area contributed by atoms with Gasteiger partial charge in [-0.1, -0.05) is 0 Å². The first-order valence-corrected chi connectivity index (χ1v) is 8.86. The number of nitrogens with one attached hydrogen (secondary N) is 1. The van der Waals surface area contributed by atoms with Crippen LogP contribution in [0, 0.1) is 5.92 Å². The lowest BCUT2D eigenvalue weighted by atomic mass is 9.92. The lowest BCUT2D eigenvalue weighted by molar-refractivity contribution is -0.138. The molecule has 9 heteroatoms. The summed E-state index contributed by atoms with van der Waals surface area (Å²) in [5, 5.41) is 19.3. The van der Waals surface area contributed by atoms with Gasteiger partial charge in [0.2, 0.25) is 0 Å². The van der Waals surface area contributed by atoms with Crippen molar-refractivity contribution in [3.05, 3.63) is 12.1 Å². The summed E-state index contributed by atoms with van der Waals surface area (Å²) >= 11 is 0. The van der Waals surface area contributed by atoms with Crippen molar-refractivity contribution in [2.45, 2.75) is 30.3 Å². The van der Waals surface area contributed by atoms with E-state index in [1.54, 1.807) is 0 Å². The van der Waals surface area contributed by atoms with Crippen LogP contribution in [0.3, 0.4) is 0 Å². The Kier molecular flexibility index (Phi) is 5.30. The summed E-state index contributed by atoms with van der Waals surface area (Å²) in [7, 11) is -3.42. The molecule has 1 saturated heterocycles. The average molecular weight is 329 g/mol. The molecule has 1 aromatic heterocycles. The van der Waals surface area contributed by atoms with E-state index >= 15 is 0 Å². The van der Waals surface area contributed by atoms with Gasteiger partial charge in [0.1, 0.15) is 11.9 Å². The van der Waals surface area contributed by atoms with Gasteiger partial charge >= 0.3 is 5.97 Å². The number of ether oxygens (including phenoxy) is 1. The zero-order chi connectivity index (χ0) is 16.2. The van der Waals surface area contributed by atoms with E-state index in [4.69, 9.17) is 4.74 Å². The van der Waals surface area contributed by atoms with Crippen LogP contribution in [0.25, 0.3) is 0 Å². The number of anilines is 1. The summed E-state index contributed by atoms with van der Waals surface area (Å²) < 4.78 is 27.9. The number of hydrogen-bond donors (Lipinski definition) is 2. The van der Waals surface area contributed by atoms with Crippen LogP contribution in [0.2, 0.25) is 0 Å². The molecule has 1 aromatic rings. The van der Waals surface area contributed by atoms with E-state index in [9.17, 15) is 18.3 Å². The normalized spacial score (nSPS) is 17.9. The molecule has 0 aliphatic carbocycles. The monoisotopic (exact) mass is 329 g/mol. The van der Waals surface area contributed by atoms with Gasteiger partial charge in [-0.15, -0.1) is 10.2 Å². The summed E-state index contributed by atoms with van der Waals surface area (Å²) in [6.07, 6.45) is 3.18. The number of carboxylic acids is 1. The molecule has 1 aliphatic heterocycles. The minimum Gasteiger partial charge on any atom is -0.480 e. The van der Waals surface area contributed by atoms with Crippen LogP contribution >= 0.6 is 0 Å². The molecule has 1 atom stereocenters. The molecule has 2 N–H and O–H groups in total. The maximum absolute atomic E-state index is 11.4. The second kappa shape index (κ2) is 7.01. The standard InChI is InChI=1S/C13H19N3O5S/c1-22(19,20)12-3-2-11(15-16-12)14-10(13(17)18)8-9-4-6-21-7-5-9/h2-3,9-10H,4-8H2,1H3,(H,14,15)(H,17,18). The highest BCUT2D eigenvalue weighted by Gasteiger charge is 2.24. The summed E-state index contributed by atoms with van der Waals surface area (Å²) in [5.41, 5.74) is 0. The maximum Gasteiger partial charge on any atom is 0.326 e. The number of aromatic nitrogens is 2. The van der Waals surface area contributed by atoms with Crippen molar-refractivity contribution in [1.82, 2.24) is 10.2 Å². The molecule has 22 heavy (non-hydrogen) atoms. The highest BCUT2D eigenvalue weighted by molar-refractivity contribution is 7.90. The van der Waals surface area contributed by atoms with Crippen LogP contribution in [-0.4, -0.2) is 55.2 Å². The molecule has 0 bridgehead atoms. The summed E-state index contributed by atoms with van der Waals surface area (Å²) in [4.78, 5) is 11.4. The van der Waals surface area contributed by atoms with Crippen LogP contribution in [0.1, 0.15) is 19.3 Å². The lowest BCUT2D eigenvalue weighted by Gasteiger charge is -2.25. The smallest absolute Gasteiger partial charge is 0.326 e. The first-order chi connectivity index (χ1) is 10.4. The summed E-state index contributed by atoms with van der Waals surface area (Å²) in [6, 6.07) is 1.93. The highest BCUT2D eigenvalue weighted by atomic mass is 32.2. The predicted molar refractivity (Wildman–Crippen MR) is 78.3 cm³/mol. The van der Waals surface area contributed by atoms with Crippen molar-refractivity contribution >= 4 is 21.6 Å². The molecule has 0 aromatic carbocycles. The van der Waals surface area contributed by atoms with E-state index in [0.717, 1.165) is 19.1 Å². The van der Waals surface area contributed by atoms with Gasteiger partial charge < -0.3 is 15.2 Å². The third-order valence-electron chi connectivity index (χ3n) is 3.55. The molecule has 0 radical (unpaired) electrons. The zero-order valence-corrected chi connectivity index (χ0v) is 13.0. The molecule has 0 saturated carbocycles. The van der Waals surface area contributed by atoms with E-state index in [1.165, 1.54) is 12.1 Å². The van der Waals surface area contributed by atoms with E-state index in [-0.39, 0.29) is 16.8 Å². The molecule has 2 heterocycles. The fourth-order valence-electron chi connectivity index (χ4n) is 2.31. The largest absolute Gasteiger partial charge is 0.480 e. The molecule has 1 aliphatic rings. The number of carboxylic acid groups (broad SMARTS) is 1. The quantitative estimate of drug-likeness (QED) is 0.777. The van der Waals surface area contributed by atoms with Gasteiger partial charge in [-0.3, -0.25) is 0 Å². The van der Waals surface area contributed by atoms with Gasteiger partial charge in [0, 0.05) is 19.5 Å². The fourth-order valence-corrected chi connectivity index (χ4v) is 2.81. The van der Waals surface area contributed by atoms with Gasteiger partial charge in [-0.25, -0.2) is 13.2 Å². The molecule has 1 fully saturated rings. The zero-order valence-electron chi connectivity index (χ0n) is 12.2. The number of carbonyl (C=O) groups is 1.